The Morgan fingerprint density at radius 2 is 2.04 bits per heavy atom. The molecule has 0 aliphatic rings. The van der Waals surface area contributed by atoms with Gasteiger partial charge >= 0.3 is 143 Å². The van der Waals surface area contributed by atoms with Gasteiger partial charge in [-0.2, -0.15) is 0 Å². The number of nitrogens with one attached hydrogen (secondary N) is 1. The van der Waals surface area contributed by atoms with Crippen molar-refractivity contribution in [3.8, 4) is 0 Å². The van der Waals surface area contributed by atoms with E-state index in [2.05, 4.69) is 14.8 Å². The molecule has 0 bridgehead atoms. The van der Waals surface area contributed by atoms with E-state index in [0.717, 1.165) is 5.56 Å². The molecule has 0 saturated heterocycles. The van der Waals surface area contributed by atoms with Crippen molar-refractivity contribution in [3.63, 3.8) is 0 Å². The van der Waals surface area contributed by atoms with Crippen molar-refractivity contribution in [3.05, 3.63) is 81.5 Å². The van der Waals surface area contributed by atoms with Gasteiger partial charge in [-0.25, -0.2) is 0 Å². The molecule has 0 radical (unpaired) electrons. The summed E-state index contributed by atoms with van der Waals surface area (Å²) in [6.07, 6.45) is 0. The normalized spacial score (nSPS) is 11.3. The number of aromatic amines is 1. The summed E-state index contributed by atoms with van der Waals surface area (Å²) in [5.41, 5.74) is 2.51. The number of aromatic nitrogens is 2. The summed E-state index contributed by atoms with van der Waals surface area (Å²) >= 11 is 1.20. The van der Waals surface area contributed by atoms with Crippen LogP contribution in [-0.4, -0.2) is 14.1 Å². The zero-order chi connectivity index (χ0) is 16.2. The standard InChI is InChI=1S/C17H12N4O.W/c1-18-13-8-9-15-14(10-13)16(22)21(17(19-2)20-15)11-12-6-4-3-5-7-12;/h2-10,20H,11H2;. The van der Waals surface area contributed by atoms with Crippen molar-refractivity contribution in [2.75, 3.05) is 0 Å². The third-order valence-electron chi connectivity index (χ3n) is 3.47. The van der Waals surface area contributed by atoms with Gasteiger partial charge in [-0.1, -0.05) is 0 Å². The molecule has 0 fully saturated rings. The minimum absolute atomic E-state index is 0.149. The van der Waals surface area contributed by atoms with Crippen molar-refractivity contribution in [1.29, 1.82) is 0 Å². The van der Waals surface area contributed by atoms with Crippen molar-refractivity contribution in [2.45, 2.75) is 6.54 Å². The first-order valence-electron chi connectivity index (χ1n) is 6.88. The van der Waals surface area contributed by atoms with Crippen molar-refractivity contribution in [2.24, 2.45) is 4.99 Å². The molecule has 3 rings (SSSR count). The monoisotopic (exact) mass is 472 g/mol. The fourth-order valence-corrected chi connectivity index (χ4v) is 2.74. The molecule has 1 aromatic heterocycles. The third kappa shape index (κ3) is 3.13. The van der Waals surface area contributed by atoms with E-state index in [1.165, 1.54) is 19.4 Å². The van der Waals surface area contributed by atoms with E-state index < -0.39 is 0 Å². The van der Waals surface area contributed by atoms with Crippen molar-refractivity contribution < 1.29 is 19.4 Å². The van der Waals surface area contributed by atoms with Crippen molar-refractivity contribution >= 4 is 21.1 Å². The molecular formula is C17H12N4OW. The minimum atomic E-state index is -0.149. The second kappa shape index (κ2) is 6.68. The Hall–Kier alpha value is -2.57. The van der Waals surface area contributed by atoms with Gasteiger partial charge in [-0.3, -0.25) is 0 Å². The van der Waals surface area contributed by atoms with Crippen LogP contribution in [0.15, 0.2) is 58.3 Å². The maximum atomic E-state index is 12.9. The molecule has 0 aliphatic carbocycles. The summed E-state index contributed by atoms with van der Waals surface area (Å²) in [5, 5.41) is 0.497. The number of benzene rings is 2. The molecule has 23 heavy (non-hydrogen) atoms. The van der Waals surface area contributed by atoms with Crippen molar-refractivity contribution in [1.82, 2.24) is 9.55 Å². The molecule has 0 amide bonds. The Labute approximate surface area is 143 Å². The molecule has 1 heterocycles. The Kier molecular flexibility index (Phi) is 4.45. The quantitative estimate of drug-likeness (QED) is 0.584. The molecule has 2 aromatic carbocycles. The number of nitrogens with zero attached hydrogens (tertiary/aromatic N) is 3. The van der Waals surface area contributed by atoms with Crippen LogP contribution >= 0.6 is 0 Å². The van der Waals surface area contributed by atoms with E-state index in [4.69, 9.17) is 6.57 Å². The molecule has 0 saturated carbocycles. The first-order chi connectivity index (χ1) is 11.2. The number of fused-ring (bicyclic) bond motifs is 1. The van der Waals surface area contributed by atoms with E-state index in [9.17, 15) is 4.79 Å². The Bertz CT molecular complexity index is 1040. The molecule has 3 aromatic rings. The van der Waals surface area contributed by atoms with Crippen LogP contribution in [0.5, 0.6) is 0 Å². The predicted molar refractivity (Wildman–Crippen MR) is 86.0 cm³/mol. The summed E-state index contributed by atoms with van der Waals surface area (Å²) in [6.45, 7) is 7.54. The summed E-state index contributed by atoms with van der Waals surface area (Å²) in [4.78, 5) is 23.8. The molecule has 6 heteroatoms. The van der Waals surface area contributed by atoms with Gasteiger partial charge in [0.2, 0.25) is 0 Å². The summed E-state index contributed by atoms with van der Waals surface area (Å²) in [5.74, 6) is 0. The number of hydrogen-bond donors (Lipinski definition) is 1. The topological polar surface area (TPSA) is 54.5 Å². The fraction of sp³-hybridized carbons (Fsp3) is 0.0588. The van der Waals surface area contributed by atoms with Gasteiger partial charge in [0.25, 0.3) is 0 Å². The van der Waals surface area contributed by atoms with Gasteiger partial charge in [0.05, 0.1) is 0 Å². The Morgan fingerprint density at radius 3 is 2.74 bits per heavy atom. The maximum absolute atomic E-state index is 12.9. The van der Waals surface area contributed by atoms with Gasteiger partial charge in [0.1, 0.15) is 0 Å². The van der Waals surface area contributed by atoms with Crippen LogP contribution in [-0.2, 0) is 25.9 Å². The molecule has 0 atom stereocenters. The number of hydrogen-bond acceptors (Lipinski definition) is 2. The van der Waals surface area contributed by atoms with Gasteiger partial charge in [-0.15, -0.1) is 0 Å². The van der Waals surface area contributed by atoms with E-state index in [1.54, 1.807) is 27.3 Å². The Balaban J connectivity index is 2.30. The first-order valence-corrected chi connectivity index (χ1v) is 8.58. The van der Waals surface area contributed by atoms with Gasteiger partial charge < -0.3 is 0 Å². The molecule has 112 valence electrons. The SMILES string of the molecule is [C-]#[N+]c1ccc2[nH]c(=N[CH]=[W])n(Cc3ccccc3)c(=O)c2c1. The third-order valence-corrected chi connectivity index (χ3v) is 3.85. The second-order valence-corrected chi connectivity index (χ2v) is 5.66. The van der Waals surface area contributed by atoms with E-state index >= 15 is 0 Å². The fourth-order valence-electron chi connectivity index (χ4n) is 2.38. The van der Waals surface area contributed by atoms with Crippen LogP contribution in [0.25, 0.3) is 15.7 Å². The Morgan fingerprint density at radius 1 is 1.26 bits per heavy atom. The zero-order valence-electron chi connectivity index (χ0n) is 12.1. The summed E-state index contributed by atoms with van der Waals surface area (Å²) < 4.78 is 3.33. The van der Waals surface area contributed by atoms with Crippen LogP contribution in [0.3, 0.4) is 0 Å². The molecule has 0 spiro atoms. The average molecular weight is 472 g/mol. The van der Waals surface area contributed by atoms with E-state index in [0.29, 0.717) is 28.8 Å². The van der Waals surface area contributed by atoms with Crippen LogP contribution in [0.4, 0.5) is 5.69 Å². The number of rotatable bonds is 3. The van der Waals surface area contributed by atoms with Gasteiger partial charge in [0.15, 0.2) is 0 Å². The summed E-state index contributed by atoms with van der Waals surface area (Å²) in [7, 11) is 0. The molecule has 5 nitrogen and oxygen atoms in total. The van der Waals surface area contributed by atoms with E-state index in [-0.39, 0.29) is 5.56 Å². The number of H-pyrrole nitrogens is 1. The van der Waals surface area contributed by atoms with Crippen LogP contribution in [0.1, 0.15) is 5.56 Å². The predicted octanol–water partition coefficient (Wildman–Crippen LogP) is 2.14. The van der Waals surface area contributed by atoms with Crippen LogP contribution < -0.4 is 11.2 Å². The van der Waals surface area contributed by atoms with Gasteiger partial charge in [0, 0.05) is 0 Å². The first kappa shape index (κ1) is 15.3. The van der Waals surface area contributed by atoms with E-state index in [1.807, 2.05) is 30.3 Å². The average Bonchev–Trinajstić information content (AvgIpc) is 2.59. The molecule has 0 aliphatic heterocycles. The molecular weight excluding hydrogens is 460 g/mol. The van der Waals surface area contributed by atoms with Gasteiger partial charge in [-0.05, 0) is 0 Å². The van der Waals surface area contributed by atoms with Crippen LogP contribution in [0.2, 0.25) is 0 Å². The second-order valence-electron chi connectivity index (χ2n) is 4.90. The molecule has 1 N–H and O–H groups in total. The van der Waals surface area contributed by atoms with Crippen LogP contribution in [0, 0.1) is 6.57 Å². The zero-order valence-corrected chi connectivity index (χ0v) is 15.0. The summed E-state index contributed by atoms with van der Waals surface area (Å²) in [6, 6.07) is 14.8. The molecule has 0 unspecified atom stereocenters.